The molecule has 1 aliphatic heterocycles. The zero-order valence-electron chi connectivity index (χ0n) is 9.65. The molecule has 2 heterocycles. The molecule has 4 N–H and O–H groups in total. The lowest BCUT2D eigenvalue weighted by Gasteiger charge is -2.37. The molecular weight excluding hydrogens is 294 g/mol. The number of hydrogen-bond donors (Lipinski definition) is 4. The van der Waals surface area contributed by atoms with Crippen molar-refractivity contribution < 1.29 is 20.1 Å². The minimum Gasteiger partial charge on any atom is -0.394 e. The van der Waals surface area contributed by atoms with Gasteiger partial charge in [0.05, 0.1) is 19.3 Å². The first-order valence-electron chi connectivity index (χ1n) is 5.48. The Labute approximate surface area is 118 Å². The first-order valence-corrected chi connectivity index (χ1v) is 6.67. The van der Waals surface area contributed by atoms with Crippen molar-refractivity contribution in [1.29, 1.82) is 5.26 Å². The van der Waals surface area contributed by atoms with Crippen LogP contribution in [-0.4, -0.2) is 57.9 Å². The fraction of sp³-hybridized carbons (Fsp3) is 0.600. The summed E-state index contributed by atoms with van der Waals surface area (Å²) in [5, 5.41) is 40.7. The van der Waals surface area contributed by atoms with Crippen molar-refractivity contribution >= 4 is 28.1 Å². The molecule has 19 heavy (non-hydrogen) atoms. The molecular formula is C10H12ClN3O4S. The molecule has 7 nitrogen and oxygen atoms in total. The quantitative estimate of drug-likeness (QED) is 0.598. The molecule has 0 saturated carbocycles. The lowest BCUT2D eigenvalue weighted by Crippen LogP contribution is -2.56. The molecule has 1 saturated heterocycles. The summed E-state index contributed by atoms with van der Waals surface area (Å²) in [6.45, 7) is -0.269. The average Bonchev–Trinajstić information content (AvgIpc) is 2.75. The molecule has 0 amide bonds. The summed E-state index contributed by atoms with van der Waals surface area (Å²) in [5.41, 5.74) is 0. The van der Waals surface area contributed by atoms with E-state index < -0.39 is 24.4 Å². The smallest absolute Gasteiger partial charge is 0.185 e. The highest BCUT2D eigenvalue weighted by atomic mass is 35.5. The molecule has 104 valence electrons. The van der Waals surface area contributed by atoms with Crippen molar-refractivity contribution in [3.8, 4) is 6.07 Å². The normalized spacial score (nSPS) is 30.9. The minimum atomic E-state index is -1.19. The third-order valence-electron chi connectivity index (χ3n) is 2.81. The number of aliphatic hydroxyl groups excluding tert-OH is 3. The molecule has 2 rings (SSSR count). The molecule has 4 atom stereocenters. The van der Waals surface area contributed by atoms with E-state index in [9.17, 15) is 10.2 Å². The van der Waals surface area contributed by atoms with Crippen molar-refractivity contribution in [1.82, 2.24) is 4.98 Å². The molecule has 0 bridgehead atoms. The van der Waals surface area contributed by atoms with Gasteiger partial charge in [-0.1, -0.05) is 22.9 Å². The summed E-state index contributed by atoms with van der Waals surface area (Å²) in [6, 6.07) is 1.31. The van der Waals surface area contributed by atoms with Gasteiger partial charge in [0.2, 0.25) is 0 Å². The Hall–Kier alpha value is -0.950. The first-order chi connectivity index (χ1) is 9.06. The molecule has 1 aromatic rings. The van der Waals surface area contributed by atoms with Crippen LogP contribution in [0.4, 0.5) is 5.13 Å². The van der Waals surface area contributed by atoms with E-state index in [-0.39, 0.29) is 23.2 Å². The maximum atomic E-state index is 9.91. The van der Waals surface area contributed by atoms with Gasteiger partial charge in [-0.25, -0.2) is 4.98 Å². The van der Waals surface area contributed by atoms with E-state index in [4.69, 9.17) is 26.7 Å². The number of thiazole rings is 1. The SMILES string of the molecule is N#Cc1sc(N[C@@H]2CO[C@H](CO)[C@H](O)[C@@H]2O)nc1Cl. The van der Waals surface area contributed by atoms with Crippen molar-refractivity contribution in [2.24, 2.45) is 0 Å². The summed E-state index contributed by atoms with van der Waals surface area (Å²) >= 11 is 6.78. The number of nitrogens with one attached hydrogen (secondary N) is 1. The molecule has 0 aliphatic carbocycles. The number of nitrogens with zero attached hydrogens (tertiary/aromatic N) is 2. The first kappa shape index (κ1) is 14.5. The van der Waals surface area contributed by atoms with Crippen molar-refractivity contribution in [2.75, 3.05) is 18.5 Å². The van der Waals surface area contributed by atoms with Gasteiger partial charge < -0.3 is 25.4 Å². The van der Waals surface area contributed by atoms with Gasteiger partial charge in [-0.05, 0) is 0 Å². The lowest BCUT2D eigenvalue weighted by molar-refractivity contribution is -0.152. The van der Waals surface area contributed by atoms with Crippen LogP contribution in [0.1, 0.15) is 4.88 Å². The molecule has 1 aliphatic rings. The van der Waals surface area contributed by atoms with Gasteiger partial charge >= 0.3 is 0 Å². The average molecular weight is 306 g/mol. The maximum Gasteiger partial charge on any atom is 0.185 e. The van der Waals surface area contributed by atoms with Crippen LogP contribution in [0.3, 0.4) is 0 Å². The van der Waals surface area contributed by atoms with Gasteiger partial charge in [0.15, 0.2) is 10.3 Å². The predicted octanol–water partition coefficient (Wildman–Crippen LogP) is -0.438. The van der Waals surface area contributed by atoms with E-state index in [1.54, 1.807) is 0 Å². The van der Waals surface area contributed by atoms with E-state index >= 15 is 0 Å². The Balaban J connectivity index is 2.05. The minimum absolute atomic E-state index is 0.0926. The third kappa shape index (κ3) is 2.97. The van der Waals surface area contributed by atoms with Gasteiger partial charge in [-0.2, -0.15) is 5.26 Å². The second kappa shape index (κ2) is 6.00. The summed E-state index contributed by atoms with van der Waals surface area (Å²) in [5.74, 6) is 0. The number of anilines is 1. The van der Waals surface area contributed by atoms with Crippen LogP contribution in [-0.2, 0) is 4.74 Å². The summed E-state index contributed by atoms with van der Waals surface area (Å²) < 4.78 is 5.21. The molecule has 0 radical (unpaired) electrons. The fourth-order valence-electron chi connectivity index (χ4n) is 1.76. The number of rotatable bonds is 3. The number of aromatic nitrogens is 1. The standard InChI is InChI=1S/C10H12ClN3O4S/c11-9-6(1-12)19-10(14-9)13-4-3-18-5(2-15)8(17)7(4)16/h4-5,7-8,15-17H,2-3H2,(H,13,14)/t4-,5-,7-,8+/m1/s1. The number of hydrogen-bond acceptors (Lipinski definition) is 8. The van der Waals surface area contributed by atoms with E-state index in [1.807, 2.05) is 6.07 Å². The third-order valence-corrected chi connectivity index (χ3v) is 4.09. The van der Waals surface area contributed by atoms with Crippen molar-refractivity contribution in [3.63, 3.8) is 0 Å². The van der Waals surface area contributed by atoms with E-state index in [1.165, 1.54) is 0 Å². The lowest BCUT2D eigenvalue weighted by atomic mass is 9.99. The molecule has 0 spiro atoms. The Morgan fingerprint density at radius 1 is 1.53 bits per heavy atom. The Morgan fingerprint density at radius 2 is 2.26 bits per heavy atom. The van der Waals surface area contributed by atoms with Crippen molar-refractivity contribution in [3.05, 3.63) is 10.0 Å². The molecule has 1 aromatic heterocycles. The van der Waals surface area contributed by atoms with E-state index in [0.717, 1.165) is 11.3 Å². The molecule has 0 unspecified atom stereocenters. The zero-order valence-corrected chi connectivity index (χ0v) is 11.2. The largest absolute Gasteiger partial charge is 0.394 e. The van der Waals surface area contributed by atoms with Crippen LogP contribution in [0, 0.1) is 11.3 Å². The highest BCUT2D eigenvalue weighted by molar-refractivity contribution is 7.16. The van der Waals surface area contributed by atoms with Gasteiger partial charge in [-0.15, -0.1) is 0 Å². The summed E-state index contributed by atoms with van der Waals surface area (Å²) in [7, 11) is 0. The van der Waals surface area contributed by atoms with Crippen molar-refractivity contribution in [2.45, 2.75) is 24.4 Å². The Bertz CT molecular complexity index is 492. The number of nitriles is 1. The topological polar surface area (TPSA) is 119 Å². The highest BCUT2D eigenvalue weighted by Crippen LogP contribution is 2.28. The van der Waals surface area contributed by atoms with Gasteiger partial charge in [0.25, 0.3) is 0 Å². The number of halogens is 1. The summed E-state index contributed by atoms with van der Waals surface area (Å²) in [6.07, 6.45) is -3.11. The molecule has 0 aromatic carbocycles. The Morgan fingerprint density at radius 3 is 2.84 bits per heavy atom. The van der Waals surface area contributed by atoms with Gasteiger partial charge in [0.1, 0.15) is 29.3 Å². The molecule has 9 heteroatoms. The van der Waals surface area contributed by atoms with Crippen LogP contribution >= 0.6 is 22.9 Å². The summed E-state index contributed by atoms with van der Waals surface area (Å²) in [4.78, 5) is 4.19. The highest BCUT2D eigenvalue weighted by Gasteiger charge is 2.38. The second-order valence-electron chi connectivity index (χ2n) is 4.04. The predicted molar refractivity (Wildman–Crippen MR) is 68.1 cm³/mol. The zero-order chi connectivity index (χ0) is 14.0. The van der Waals surface area contributed by atoms with Gasteiger partial charge in [0, 0.05) is 0 Å². The van der Waals surface area contributed by atoms with Crippen LogP contribution < -0.4 is 5.32 Å². The Kier molecular flexibility index (Phi) is 4.57. The van der Waals surface area contributed by atoms with E-state index in [2.05, 4.69) is 10.3 Å². The molecule has 1 fully saturated rings. The van der Waals surface area contributed by atoms with Gasteiger partial charge in [-0.3, -0.25) is 0 Å². The number of aliphatic hydroxyl groups is 3. The fourth-order valence-corrected chi connectivity index (χ4v) is 2.77. The van der Waals surface area contributed by atoms with Crippen LogP contribution in [0.5, 0.6) is 0 Å². The maximum absolute atomic E-state index is 9.91. The number of ether oxygens (including phenoxy) is 1. The monoisotopic (exact) mass is 305 g/mol. The van der Waals surface area contributed by atoms with E-state index in [0.29, 0.717) is 5.13 Å². The van der Waals surface area contributed by atoms with Crippen LogP contribution in [0.15, 0.2) is 0 Å². The second-order valence-corrected chi connectivity index (χ2v) is 5.39. The van der Waals surface area contributed by atoms with Crippen LogP contribution in [0.2, 0.25) is 5.15 Å². The van der Waals surface area contributed by atoms with Crippen LogP contribution in [0.25, 0.3) is 0 Å².